The molecule has 0 bridgehead atoms. The molecule has 11 heteroatoms. The fourth-order valence-corrected chi connectivity index (χ4v) is 3.48. The summed E-state index contributed by atoms with van der Waals surface area (Å²) in [5, 5.41) is 8.32. The van der Waals surface area contributed by atoms with Gasteiger partial charge in [-0.15, -0.1) is 5.10 Å². The molecule has 33 heavy (non-hydrogen) atoms. The first kappa shape index (κ1) is 22.2. The molecule has 0 aliphatic heterocycles. The maximum atomic E-state index is 13.0. The van der Waals surface area contributed by atoms with Gasteiger partial charge in [0.05, 0.1) is 11.8 Å². The van der Waals surface area contributed by atoms with Crippen molar-refractivity contribution in [2.75, 3.05) is 13.6 Å². The zero-order chi connectivity index (χ0) is 23.8. The van der Waals surface area contributed by atoms with Crippen LogP contribution < -0.4 is 0 Å². The van der Waals surface area contributed by atoms with Gasteiger partial charge in [-0.1, -0.05) is 30.3 Å². The van der Waals surface area contributed by atoms with E-state index in [0.29, 0.717) is 21.9 Å². The minimum Gasteiger partial charge on any atom is -0.332 e. The quantitative estimate of drug-likeness (QED) is 0.416. The van der Waals surface area contributed by atoms with Gasteiger partial charge in [0.1, 0.15) is 12.2 Å². The monoisotopic (exact) mass is 456 g/mol. The number of hydrogen-bond donors (Lipinski definition) is 0. The highest BCUT2D eigenvalue weighted by Gasteiger charge is 2.33. The zero-order valence-electron chi connectivity index (χ0n) is 17.7. The van der Waals surface area contributed by atoms with Gasteiger partial charge in [-0.2, -0.15) is 18.3 Å². The number of nitrogens with zero attached hydrogens (tertiary/aromatic N) is 6. The Labute approximate surface area is 186 Å². The Kier molecular flexibility index (Phi) is 5.71. The fourth-order valence-electron chi connectivity index (χ4n) is 3.48. The first-order valence-electron chi connectivity index (χ1n) is 9.90. The average Bonchev–Trinajstić information content (AvgIpc) is 3.35. The van der Waals surface area contributed by atoms with Crippen molar-refractivity contribution in [3.63, 3.8) is 0 Å². The van der Waals surface area contributed by atoms with Crippen LogP contribution >= 0.6 is 0 Å². The van der Waals surface area contributed by atoms with Crippen molar-refractivity contribution in [3.8, 4) is 11.4 Å². The van der Waals surface area contributed by atoms with Gasteiger partial charge in [-0.05, 0) is 17.7 Å². The van der Waals surface area contributed by atoms with Gasteiger partial charge in [0.2, 0.25) is 0 Å². The molecule has 0 unspecified atom stereocenters. The first-order chi connectivity index (χ1) is 15.6. The van der Waals surface area contributed by atoms with Gasteiger partial charge in [-0.3, -0.25) is 14.3 Å². The Balaban J connectivity index is 1.57. The molecule has 0 aliphatic rings. The molecule has 4 aromatic rings. The number of ketones is 1. The van der Waals surface area contributed by atoms with Crippen LogP contribution in [0, 0.1) is 0 Å². The predicted molar refractivity (Wildman–Crippen MR) is 113 cm³/mol. The number of fused-ring (bicyclic) bond motifs is 1. The Morgan fingerprint density at radius 2 is 1.85 bits per heavy atom. The molecule has 1 amide bonds. The number of pyridine rings is 1. The van der Waals surface area contributed by atoms with Gasteiger partial charge >= 0.3 is 6.18 Å². The number of aromatic nitrogens is 5. The van der Waals surface area contributed by atoms with Crippen LogP contribution in [0.3, 0.4) is 0 Å². The smallest absolute Gasteiger partial charge is 0.332 e. The Bertz CT molecular complexity index is 1330. The molecule has 0 atom stereocenters. The second-order valence-electron chi connectivity index (χ2n) is 7.55. The Morgan fingerprint density at radius 1 is 1.12 bits per heavy atom. The lowest BCUT2D eigenvalue weighted by molar-refractivity contribution is -0.138. The van der Waals surface area contributed by atoms with E-state index in [4.69, 9.17) is 0 Å². The van der Waals surface area contributed by atoms with E-state index < -0.39 is 24.4 Å². The van der Waals surface area contributed by atoms with Gasteiger partial charge in [0.25, 0.3) is 5.91 Å². The normalized spacial score (nSPS) is 11.7. The van der Waals surface area contributed by atoms with Crippen molar-refractivity contribution < 1.29 is 22.8 Å². The van der Waals surface area contributed by atoms with Crippen molar-refractivity contribution in [3.05, 3.63) is 71.7 Å². The number of halogens is 3. The van der Waals surface area contributed by atoms with Gasteiger partial charge in [-0.25, -0.2) is 9.50 Å². The first-order valence-corrected chi connectivity index (χ1v) is 9.90. The van der Waals surface area contributed by atoms with Gasteiger partial charge < -0.3 is 4.90 Å². The van der Waals surface area contributed by atoms with Gasteiger partial charge in [0.15, 0.2) is 17.3 Å². The fraction of sp³-hybridized carbons (Fsp3) is 0.227. The summed E-state index contributed by atoms with van der Waals surface area (Å²) in [6, 6.07) is 12.8. The van der Waals surface area contributed by atoms with Crippen molar-refractivity contribution in [1.82, 2.24) is 29.3 Å². The number of benzene rings is 1. The van der Waals surface area contributed by atoms with E-state index in [1.807, 2.05) is 30.3 Å². The van der Waals surface area contributed by atoms with Crippen LogP contribution in [0.4, 0.5) is 13.2 Å². The van der Waals surface area contributed by atoms with E-state index in [0.717, 1.165) is 18.8 Å². The molecular formula is C22H19F3N6O2. The van der Waals surface area contributed by atoms with Crippen LogP contribution in [0.1, 0.15) is 26.4 Å². The summed E-state index contributed by atoms with van der Waals surface area (Å²) in [6.07, 6.45) is -1.87. The Morgan fingerprint density at radius 3 is 2.55 bits per heavy atom. The van der Waals surface area contributed by atoms with E-state index in [1.165, 1.54) is 11.7 Å². The minimum atomic E-state index is -4.55. The molecule has 0 radical (unpaired) electrons. The number of carbonyl (C=O) groups excluding carboxylic acids is 2. The molecule has 0 aliphatic carbocycles. The van der Waals surface area contributed by atoms with Crippen molar-refractivity contribution in [2.45, 2.75) is 12.6 Å². The van der Waals surface area contributed by atoms with Crippen molar-refractivity contribution in [1.29, 1.82) is 0 Å². The number of amides is 1. The number of Topliss-reactive ketones (excluding diaryl/α,β-unsaturated/α-hetero) is 1. The van der Waals surface area contributed by atoms with Gasteiger partial charge in [0, 0.05) is 32.3 Å². The highest BCUT2D eigenvalue weighted by atomic mass is 19.4. The number of aryl methyl sites for hydroxylation is 1. The van der Waals surface area contributed by atoms with Crippen LogP contribution in [-0.2, 0) is 13.5 Å². The lowest BCUT2D eigenvalue weighted by atomic mass is 10.0. The number of carbonyl (C=O) groups is 2. The summed E-state index contributed by atoms with van der Waals surface area (Å²) in [4.78, 5) is 30.5. The summed E-state index contributed by atoms with van der Waals surface area (Å²) >= 11 is 0. The molecule has 8 nitrogen and oxygen atoms in total. The number of hydrogen-bond acceptors (Lipinski definition) is 5. The zero-order valence-corrected chi connectivity index (χ0v) is 17.7. The molecule has 3 aromatic heterocycles. The maximum absolute atomic E-state index is 13.0. The summed E-state index contributed by atoms with van der Waals surface area (Å²) in [7, 11) is 2.49. The molecular weight excluding hydrogens is 437 g/mol. The largest absolute Gasteiger partial charge is 0.406 e. The molecule has 0 N–H and O–H groups in total. The van der Waals surface area contributed by atoms with Crippen LogP contribution in [0.25, 0.3) is 17.0 Å². The third-order valence-electron chi connectivity index (χ3n) is 5.00. The molecule has 3 heterocycles. The molecule has 0 saturated carbocycles. The second kappa shape index (κ2) is 8.49. The van der Waals surface area contributed by atoms with Crippen LogP contribution in [0.2, 0.25) is 0 Å². The standard InChI is InChI=1S/C22H19F3N6O2/c1-29(13-22(23,24)25)21(33)16-12-26-30(2)19(16)17(32)10-14-8-9-31-18(11-14)27-20(28-31)15-6-4-3-5-7-15/h3-9,11-12H,10,13H2,1-2H3. The predicted octanol–water partition coefficient (Wildman–Crippen LogP) is 3.19. The molecule has 0 saturated heterocycles. The van der Waals surface area contributed by atoms with Crippen LogP contribution in [0.15, 0.2) is 54.9 Å². The Hall–Kier alpha value is -4.02. The second-order valence-corrected chi connectivity index (χ2v) is 7.55. The van der Waals surface area contributed by atoms with E-state index in [2.05, 4.69) is 15.2 Å². The van der Waals surface area contributed by atoms with E-state index in [1.54, 1.807) is 22.8 Å². The molecule has 0 fully saturated rings. The highest BCUT2D eigenvalue weighted by molar-refractivity contribution is 6.07. The van der Waals surface area contributed by atoms with E-state index in [-0.39, 0.29) is 17.7 Å². The van der Waals surface area contributed by atoms with E-state index in [9.17, 15) is 22.8 Å². The summed E-state index contributed by atoms with van der Waals surface area (Å²) in [5.74, 6) is -0.846. The van der Waals surface area contributed by atoms with Crippen LogP contribution in [0.5, 0.6) is 0 Å². The summed E-state index contributed by atoms with van der Waals surface area (Å²) in [5.41, 5.74) is 1.76. The SMILES string of the molecule is CN(CC(F)(F)F)C(=O)c1cnn(C)c1C(=O)Cc1ccn2nc(-c3ccccc3)nc2c1. The van der Waals surface area contributed by atoms with E-state index >= 15 is 0 Å². The highest BCUT2D eigenvalue weighted by Crippen LogP contribution is 2.20. The third kappa shape index (κ3) is 4.76. The maximum Gasteiger partial charge on any atom is 0.406 e. The van der Waals surface area contributed by atoms with Crippen molar-refractivity contribution >= 4 is 17.3 Å². The molecule has 170 valence electrons. The van der Waals surface area contributed by atoms with Crippen LogP contribution in [-0.4, -0.2) is 60.7 Å². The topological polar surface area (TPSA) is 85.4 Å². The molecule has 4 rings (SSSR count). The third-order valence-corrected chi connectivity index (χ3v) is 5.00. The summed E-state index contributed by atoms with van der Waals surface area (Å²) in [6.45, 7) is -1.43. The minimum absolute atomic E-state index is 0.0552. The summed E-state index contributed by atoms with van der Waals surface area (Å²) < 4.78 is 40.8. The lowest BCUT2D eigenvalue weighted by Gasteiger charge is -2.18. The number of alkyl halides is 3. The number of rotatable bonds is 6. The lowest BCUT2D eigenvalue weighted by Crippen LogP contribution is -2.36. The van der Waals surface area contributed by atoms with Crippen molar-refractivity contribution in [2.24, 2.45) is 7.05 Å². The molecule has 1 aromatic carbocycles. The average molecular weight is 456 g/mol. The molecule has 0 spiro atoms.